The van der Waals surface area contributed by atoms with Crippen LogP contribution in [-0.2, 0) is 14.6 Å². The van der Waals surface area contributed by atoms with Gasteiger partial charge in [0, 0.05) is 0 Å². The van der Waals surface area contributed by atoms with Crippen LogP contribution in [0.3, 0.4) is 0 Å². The molecule has 1 amide bonds. The Morgan fingerprint density at radius 3 is 2.15 bits per heavy atom. The van der Waals surface area contributed by atoms with Gasteiger partial charge in [-0.05, 0) is 45.4 Å². The van der Waals surface area contributed by atoms with Crippen LogP contribution in [-0.4, -0.2) is 25.1 Å². The fourth-order valence-electron chi connectivity index (χ4n) is 2.52. The van der Waals surface area contributed by atoms with E-state index >= 15 is 0 Å². The monoisotopic (exact) mass is 293 g/mol. The van der Waals surface area contributed by atoms with Gasteiger partial charge in [0.1, 0.15) is 0 Å². The summed E-state index contributed by atoms with van der Waals surface area (Å²) in [6, 6.07) is 6.56. The molecule has 0 spiro atoms. The average Bonchev–Trinajstić information content (AvgIpc) is 2.25. The van der Waals surface area contributed by atoms with Gasteiger partial charge in [-0.25, -0.2) is 8.42 Å². The van der Waals surface area contributed by atoms with Crippen LogP contribution in [0.25, 0.3) is 0 Å². The van der Waals surface area contributed by atoms with Gasteiger partial charge in [0.2, 0.25) is 5.91 Å². The molecular weight excluding hydrogens is 274 g/mol. The Morgan fingerprint density at radius 2 is 1.65 bits per heavy atom. The van der Waals surface area contributed by atoms with Crippen LogP contribution >= 0.6 is 0 Å². The van der Waals surface area contributed by atoms with E-state index in [0.29, 0.717) is 5.57 Å². The standard InChI is InChI=1S/C15H19NO3S/c1-10-5-7-12(8-6-10)20(18,19)13-11(2)9-15(3,4)16-14(13)17/h5-9,13H,1-4H3,(H,16,17). The molecule has 0 radical (unpaired) electrons. The highest BCUT2D eigenvalue weighted by Gasteiger charge is 2.40. The van der Waals surface area contributed by atoms with Gasteiger partial charge < -0.3 is 5.32 Å². The molecule has 1 atom stereocenters. The molecule has 1 aliphatic rings. The highest BCUT2D eigenvalue weighted by atomic mass is 32.2. The molecule has 0 saturated heterocycles. The van der Waals surface area contributed by atoms with Crippen molar-refractivity contribution < 1.29 is 13.2 Å². The van der Waals surface area contributed by atoms with Crippen LogP contribution in [0.2, 0.25) is 0 Å². The van der Waals surface area contributed by atoms with Crippen LogP contribution < -0.4 is 5.32 Å². The minimum Gasteiger partial charge on any atom is -0.346 e. The van der Waals surface area contributed by atoms with Crippen molar-refractivity contribution in [3.8, 4) is 0 Å². The van der Waals surface area contributed by atoms with E-state index in [1.54, 1.807) is 37.3 Å². The molecular formula is C15H19NO3S. The molecule has 1 aliphatic heterocycles. The third-order valence-corrected chi connectivity index (χ3v) is 5.48. The minimum absolute atomic E-state index is 0.177. The van der Waals surface area contributed by atoms with Crippen molar-refractivity contribution in [3.63, 3.8) is 0 Å². The third kappa shape index (κ3) is 2.63. The van der Waals surface area contributed by atoms with Gasteiger partial charge in [-0.15, -0.1) is 0 Å². The largest absolute Gasteiger partial charge is 0.346 e. The zero-order valence-electron chi connectivity index (χ0n) is 12.1. The molecule has 1 aromatic rings. The smallest absolute Gasteiger partial charge is 0.243 e. The van der Waals surface area contributed by atoms with Crippen LogP contribution in [0.4, 0.5) is 0 Å². The molecule has 0 bridgehead atoms. The average molecular weight is 293 g/mol. The summed E-state index contributed by atoms with van der Waals surface area (Å²) in [5.41, 5.74) is 1.03. The van der Waals surface area contributed by atoms with E-state index in [4.69, 9.17) is 0 Å². The van der Waals surface area contributed by atoms with Crippen molar-refractivity contribution in [2.45, 2.75) is 43.4 Å². The number of nitrogens with one attached hydrogen (secondary N) is 1. The molecule has 2 rings (SSSR count). The summed E-state index contributed by atoms with van der Waals surface area (Å²) >= 11 is 0. The zero-order chi connectivity index (χ0) is 15.1. The predicted octanol–water partition coefficient (Wildman–Crippen LogP) is 1.99. The lowest BCUT2D eigenvalue weighted by Gasteiger charge is -2.32. The quantitative estimate of drug-likeness (QED) is 0.848. The molecule has 0 saturated carbocycles. The highest BCUT2D eigenvalue weighted by Crippen LogP contribution is 2.27. The number of aryl methyl sites for hydroxylation is 1. The molecule has 1 unspecified atom stereocenters. The molecule has 1 heterocycles. The normalized spacial score (nSPS) is 22.1. The topological polar surface area (TPSA) is 63.2 Å². The number of carbonyl (C=O) groups excluding carboxylic acids is 1. The van der Waals surface area contributed by atoms with Crippen LogP contribution in [0, 0.1) is 6.92 Å². The number of benzene rings is 1. The molecule has 1 aromatic carbocycles. The Hall–Kier alpha value is -1.62. The van der Waals surface area contributed by atoms with Gasteiger partial charge in [0.25, 0.3) is 0 Å². The van der Waals surface area contributed by atoms with Gasteiger partial charge in [-0.3, -0.25) is 4.79 Å². The summed E-state index contributed by atoms with van der Waals surface area (Å²) < 4.78 is 25.3. The molecule has 4 nitrogen and oxygen atoms in total. The van der Waals surface area contributed by atoms with Gasteiger partial charge in [0.05, 0.1) is 10.4 Å². The number of hydrogen-bond acceptors (Lipinski definition) is 3. The first-order chi connectivity index (χ1) is 9.13. The fourth-order valence-corrected chi connectivity index (χ4v) is 4.21. The third-order valence-electron chi connectivity index (χ3n) is 3.35. The Kier molecular flexibility index (Phi) is 3.50. The molecule has 0 fully saturated rings. The molecule has 20 heavy (non-hydrogen) atoms. The highest BCUT2D eigenvalue weighted by molar-refractivity contribution is 7.93. The van der Waals surface area contributed by atoms with Crippen molar-refractivity contribution in [1.29, 1.82) is 0 Å². The molecule has 0 aromatic heterocycles. The maximum Gasteiger partial charge on any atom is 0.243 e. The second-order valence-electron chi connectivity index (χ2n) is 5.84. The zero-order valence-corrected chi connectivity index (χ0v) is 12.9. The van der Waals surface area contributed by atoms with E-state index in [1.165, 1.54) is 0 Å². The Morgan fingerprint density at radius 1 is 1.10 bits per heavy atom. The summed E-state index contributed by atoms with van der Waals surface area (Å²) in [5, 5.41) is 1.59. The van der Waals surface area contributed by atoms with E-state index in [-0.39, 0.29) is 4.90 Å². The van der Waals surface area contributed by atoms with E-state index < -0.39 is 26.5 Å². The summed E-state index contributed by atoms with van der Waals surface area (Å²) in [6.45, 7) is 7.25. The fraction of sp³-hybridized carbons (Fsp3) is 0.400. The lowest BCUT2D eigenvalue weighted by molar-refractivity contribution is -0.121. The van der Waals surface area contributed by atoms with Crippen LogP contribution in [0.15, 0.2) is 40.8 Å². The Bertz CT molecular complexity index is 670. The number of hydrogen-bond donors (Lipinski definition) is 1. The van der Waals surface area contributed by atoms with Crippen molar-refractivity contribution >= 4 is 15.7 Å². The summed E-state index contributed by atoms with van der Waals surface area (Å²) in [6.07, 6.45) is 1.80. The first-order valence-electron chi connectivity index (χ1n) is 6.45. The lowest BCUT2D eigenvalue weighted by Crippen LogP contribution is -2.53. The Balaban J connectivity index is 2.50. The molecule has 5 heteroatoms. The van der Waals surface area contributed by atoms with E-state index in [1.807, 2.05) is 20.8 Å². The molecule has 108 valence electrons. The lowest BCUT2D eigenvalue weighted by atomic mass is 9.95. The van der Waals surface area contributed by atoms with Crippen molar-refractivity contribution in [1.82, 2.24) is 5.32 Å². The predicted molar refractivity (Wildman–Crippen MR) is 78.1 cm³/mol. The Labute approximate surface area is 119 Å². The van der Waals surface area contributed by atoms with Gasteiger partial charge in [-0.2, -0.15) is 0 Å². The summed E-state index contributed by atoms with van der Waals surface area (Å²) in [7, 11) is -3.71. The second kappa shape index (κ2) is 4.74. The van der Waals surface area contributed by atoms with E-state index in [9.17, 15) is 13.2 Å². The summed E-state index contributed by atoms with van der Waals surface area (Å²) in [5.74, 6) is -0.462. The van der Waals surface area contributed by atoms with E-state index in [2.05, 4.69) is 5.32 Å². The SMILES string of the molecule is CC1=CC(C)(C)NC(=O)C1S(=O)(=O)c1ccc(C)cc1. The maximum atomic E-state index is 12.6. The van der Waals surface area contributed by atoms with E-state index in [0.717, 1.165) is 5.56 Å². The number of amides is 1. The number of rotatable bonds is 2. The molecule has 1 N–H and O–H groups in total. The van der Waals surface area contributed by atoms with Crippen LogP contribution in [0.1, 0.15) is 26.3 Å². The first kappa shape index (κ1) is 14.8. The van der Waals surface area contributed by atoms with Gasteiger partial charge in [0.15, 0.2) is 15.1 Å². The number of sulfone groups is 1. The van der Waals surface area contributed by atoms with Crippen molar-refractivity contribution in [2.24, 2.45) is 0 Å². The van der Waals surface area contributed by atoms with Gasteiger partial charge >= 0.3 is 0 Å². The van der Waals surface area contributed by atoms with Crippen molar-refractivity contribution in [3.05, 3.63) is 41.5 Å². The van der Waals surface area contributed by atoms with Crippen molar-refractivity contribution in [2.75, 3.05) is 0 Å². The maximum absolute atomic E-state index is 12.6. The first-order valence-corrected chi connectivity index (χ1v) is 8.00. The molecule has 0 aliphatic carbocycles. The number of carbonyl (C=O) groups is 1. The van der Waals surface area contributed by atoms with Crippen LogP contribution in [0.5, 0.6) is 0 Å². The van der Waals surface area contributed by atoms with Gasteiger partial charge in [-0.1, -0.05) is 23.8 Å². The second-order valence-corrected chi connectivity index (χ2v) is 7.87. The summed E-state index contributed by atoms with van der Waals surface area (Å²) in [4.78, 5) is 12.4. The minimum atomic E-state index is -3.71.